The maximum absolute atomic E-state index is 2.71. The molecule has 0 aromatic heterocycles. The molecule has 2 heterocycles. The third-order valence-electron chi connectivity index (χ3n) is 5.06. The number of fused-ring (bicyclic) bond motifs is 1. The summed E-state index contributed by atoms with van der Waals surface area (Å²) in [6.45, 7) is 15.7. The van der Waals surface area contributed by atoms with Crippen molar-refractivity contribution in [1.82, 2.24) is 4.90 Å². The van der Waals surface area contributed by atoms with E-state index in [0.29, 0.717) is 11.0 Å². The zero-order valence-electron chi connectivity index (χ0n) is 10.6. The van der Waals surface area contributed by atoms with Crippen LogP contribution in [0.15, 0.2) is 0 Å². The lowest BCUT2D eigenvalue weighted by Gasteiger charge is -2.50. The Morgan fingerprint density at radius 3 is 2.36 bits per heavy atom. The van der Waals surface area contributed by atoms with Crippen molar-refractivity contribution in [2.75, 3.05) is 6.54 Å². The largest absolute Gasteiger partial charge is 0.291 e. The average molecular weight is 195 g/mol. The number of hydrogen-bond donors (Lipinski definition) is 0. The van der Waals surface area contributed by atoms with Gasteiger partial charge < -0.3 is 0 Å². The highest BCUT2D eigenvalue weighted by atomic mass is 15.5. The summed E-state index contributed by atoms with van der Waals surface area (Å²) in [5, 5.41) is 0. The maximum Gasteiger partial charge on any atom is 0.0413 e. The van der Waals surface area contributed by atoms with Crippen molar-refractivity contribution in [2.24, 2.45) is 17.3 Å². The Morgan fingerprint density at radius 1 is 1.43 bits per heavy atom. The molecule has 0 aromatic carbocycles. The molecule has 1 nitrogen and oxygen atoms in total. The predicted octanol–water partition coefficient (Wildman–Crippen LogP) is 3.15. The maximum atomic E-state index is 2.71. The van der Waals surface area contributed by atoms with E-state index in [1.807, 2.05) is 0 Å². The van der Waals surface area contributed by atoms with Crippen LogP contribution in [0, 0.1) is 17.3 Å². The zero-order chi connectivity index (χ0) is 10.7. The van der Waals surface area contributed by atoms with Gasteiger partial charge in [-0.3, -0.25) is 4.90 Å². The van der Waals surface area contributed by atoms with Gasteiger partial charge in [-0.15, -0.1) is 0 Å². The first-order valence-electron chi connectivity index (χ1n) is 6.12. The molecule has 2 rings (SSSR count). The van der Waals surface area contributed by atoms with Gasteiger partial charge in [-0.1, -0.05) is 34.6 Å². The van der Waals surface area contributed by atoms with Crippen molar-refractivity contribution in [1.29, 1.82) is 0 Å². The molecule has 0 bridgehead atoms. The summed E-state index contributed by atoms with van der Waals surface area (Å²) in [4.78, 5) is 2.71. The van der Waals surface area contributed by atoms with E-state index in [0.717, 1.165) is 17.9 Å². The summed E-state index contributed by atoms with van der Waals surface area (Å²) < 4.78 is 0. The summed E-state index contributed by atoms with van der Waals surface area (Å²) in [5.74, 6) is 1.79. The smallest absolute Gasteiger partial charge is 0.0413 e. The van der Waals surface area contributed by atoms with Crippen LogP contribution in [0.5, 0.6) is 0 Å². The number of hydrogen-bond acceptors (Lipinski definition) is 1. The van der Waals surface area contributed by atoms with Gasteiger partial charge in [0.25, 0.3) is 0 Å². The molecule has 82 valence electrons. The molecule has 2 aliphatic heterocycles. The summed E-state index contributed by atoms with van der Waals surface area (Å²) in [7, 11) is 0. The molecular weight excluding hydrogens is 170 g/mol. The Hall–Kier alpha value is -0.0400. The molecule has 0 amide bonds. The Kier molecular flexibility index (Phi) is 2.06. The molecule has 2 saturated heterocycles. The molecule has 0 radical (unpaired) electrons. The van der Waals surface area contributed by atoms with Crippen LogP contribution in [0.3, 0.4) is 0 Å². The van der Waals surface area contributed by atoms with Crippen molar-refractivity contribution in [2.45, 2.75) is 59.5 Å². The topological polar surface area (TPSA) is 3.01 Å². The van der Waals surface area contributed by atoms with E-state index >= 15 is 0 Å². The van der Waals surface area contributed by atoms with Gasteiger partial charge in [0.2, 0.25) is 0 Å². The lowest BCUT2D eigenvalue weighted by molar-refractivity contribution is -0.000744. The standard InChI is InChI=1S/C13H25N/c1-7-11-9(2)14-8-13(11,14)10(3)12(4,5)6/h9-11H,7-8H2,1-6H3. The second kappa shape index (κ2) is 2.75. The quantitative estimate of drug-likeness (QED) is 0.612. The second-order valence-corrected chi connectivity index (χ2v) is 6.46. The summed E-state index contributed by atoms with van der Waals surface area (Å²) in [6, 6.07) is 0.852. The summed E-state index contributed by atoms with van der Waals surface area (Å²) in [5.41, 5.74) is 1.06. The van der Waals surface area contributed by atoms with E-state index in [-0.39, 0.29) is 0 Å². The van der Waals surface area contributed by atoms with Gasteiger partial charge in [-0.05, 0) is 30.6 Å². The minimum Gasteiger partial charge on any atom is -0.291 e. The molecule has 2 fully saturated rings. The van der Waals surface area contributed by atoms with E-state index in [2.05, 4.69) is 46.4 Å². The van der Waals surface area contributed by atoms with Gasteiger partial charge in [-0.25, -0.2) is 0 Å². The second-order valence-electron chi connectivity index (χ2n) is 6.46. The molecule has 0 aromatic rings. The van der Waals surface area contributed by atoms with Gasteiger partial charge in [0.05, 0.1) is 0 Å². The Balaban J connectivity index is 2.14. The van der Waals surface area contributed by atoms with Gasteiger partial charge in [0, 0.05) is 18.1 Å². The van der Waals surface area contributed by atoms with Gasteiger partial charge in [0.15, 0.2) is 0 Å². The zero-order valence-corrected chi connectivity index (χ0v) is 10.6. The van der Waals surface area contributed by atoms with Crippen molar-refractivity contribution < 1.29 is 0 Å². The van der Waals surface area contributed by atoms with Crippen molar-refractivity contribution in [3.8, 4) is 0 Å². The van der Waals surface area contributed by atoms with Gasteiger partial charge >= 0.3 is 0 Å². The SMILES string of the molecule is CCC1C(C)N2CC12C(C)C(C)(C)C. The van der Waals surface area contributed by atoms with Gasteiger partial charge in [-0.2, -0.15) is 0 Å². The van der Waals surface area contributed by atoms with Crippen LogP contribution >= 0.6 is 0 Å². The van der Waals surface area contributed by atoms with E-state index in [4.69, 9.17) is 0 Å². The average Bonchev–Trinajstić information content (AvgIpc) is 2.73. The van der Waals surface area contributed by atoms with Crippen LogP contribution < -0.4 is 0 Å². The van der Waals surface area contributed by atoms with E-state index < -0.39 is 0 Å². The number of rotatable bonds is 2. The molecule has 0 saturated carbocycles. The molecule has 0 spiro atoms. The first-order valence-corrected chi connectivity index (χ1v) is 6.12. The first-order chi connectivity index (χ1) is 6.35. The molecule has 2 aliphatic rings. The third-order valence-corrected chi connectivity index (χ3v) is 5.06. The molecule has 14 heavy (non-hydrogen) atoms. The van der Waals surface area contributed by atoms with Crippen LogP contribution in [0.1, 0.15) is 48.0 Å². The van der Waals surface area contributed by atoms with Crippen molar-refractivity contribution >= 4 is 0 Å². The Morgan fingerprint density at radius 2 is 2.00 bits per heavy atom. The van der Waals surface area contributed by atoms with Crippen LogP contribution in [0.2, 0.25) is 0 Å². The van der Waals surface area contributed by atoms with Crippen LogP contribution in [-0.2, 0) is 0 Å². The number of nitrogens with zero attached hydrogens (tertiary/aromatic N) is 1. The summed E-state index contributed by atoms with van der Waals surface area (Å²) in [6.07, 6.45) is 1.36. The Bertz CT molecular complexity index is 240. The highest BCUT2D eigenvalue weighted by Crippen LogP contribution is 2.63. The molecule has 0 aliphatic carbocycles. The van der Waals surface area contributed by atoms with Crippen LogP contribution in [-0.4, -0.2) is 23.0 Å². The van der Waals surface area contributed by atoms with E-state index in [1.54, 1.807) is 0 Å². The Labute approximate surface area is 88.9 Å². The molecule has 5 unspecified atom stereocenters. The minimum atomic E-state index is 0.461. The molecular formula is C13H25N. The predicted molar refractivity (Wildman–Crippen MR) is 61.3 cm³/mol. The van der Waals surface area contributed by atoms with Crippen molar-refractivity contribution in [3.63, 3.8) is 0 Å². The monoisotopic (exact) mass is 195 g/mol. The van der Waals surface area contributed by atoms with Crippen LogP contribution in [0.25, 0.3) is 0 Å². The normalized spacial score (nSPS) is 48.0. The highest BCUT2D eigenvalue weighted by molar-refractivity contribution is 5.27. The van der Waals surface area contributed by atoms with Crippen molar-refractivity contribution in [3.05, 3.63) is 0 Å². The molecule has 1 heteroatoms. The fourth-order valence-corrected chi connectivity index (χ4v) is 3.79. The lowest BCUT2D eigenvalue weighted by atomic mass is 9.63. The van der Waals surface area contributed by atoms with Gasteiger partial charge in [0.1, 0.15) is 0 Å². The van der Waals surface area contributed by atoms with E-state index in [9.17, 15) is 0 Å². The molecule has 5 atom stereocenters. The first kappa shape index (κ1) is 10.5. The highest BCUT2D eigenvalue weighted by Gasteiger charge is 2.72. The minimum absolute atomic E-state index is 0.461. The third kappa shape index (κ3) is 1.05. The molecule has 0 N–H and O–H groups in total. The van der Waals surface area contributed by atoms with E-state index in [1.165, 1.54) is 13.0 Å². The van der Waals surface area contributed by atoms with Crippen LogP contribution in [0.4, 0.5) is 0 Å². The fraction of sp³-hybridized carbons (Fsp3) is 1.00. The fourth-order valence-electron chi connectivity index (χ4n) is 3.79. The lowest BCUT2D eigenvalue weighted by Crippen LogP contribution is -2.57. The summed E-state index contributed by atoms with van der Waals surface area (Å²) >= 11 is 0.